The molecule has 0 saturated heterocycles. The Labute approximate surface area is 127 Å². The van der Waals surface area contributed by atoms with Crippen molar-refractivity contribution in [1.29, 1.82) is 0 Å². The first kappa shape index (κ1) is 15.1. The van der Waals surface area contributed by atoms with Crippen molar-refractivity contribution in [3.63, 3.8) is 0 Å². The number of halogens is 1. The molecule has 4 heteroatoms. The minimum Gasteiger partial charge on any atom is -0.492 e. The van der Waals surface area contributed by atoms with Gasteiger partial charge in [-0.25, -0.2) is 0 Å². The van der Waals surface area contributed by atoms with Crippen molar-refractivity contribution in [2.75, 3.05) is 6.61 Å². The number of aliphatic hydroxyl groups is 1. The van der Waals surface area contributed by atoms with Gasteiger partial charge in [0.05, 0.1) is 17.3 Å². The van der Waals surface area contributed by atoms with E-state index in [1.807, 2.05) is 31.2 Å². The zero-order valence-electron chi connectivity index (χ0n) is 11.7. The molecule has 0 fully saturated rings. The van der Waals surface area contributed by atoms with E-state index in [-0.39, 0.29) is 0 Å². The van der Waals surface area contributed by atoms with Gasteiger partial charge in [0.1, 0.15) is 17.6 Å². The van der Waals surface area contributed by atoms with E-state index < -0.39 is 6.10 Å². The van der Waals surface area contributed by atoms with Crippen molar-refractivity contribution < 1.29 is 14.3 Å². The molecule has 0 saturated carbocycles. The average Bonchev–Trinajstić information content (AvgIpc) is 2.93. The van der Waals surface area contributed by atoms with Crippen molar-refractivity contribution >= 4 is 15.9 Å². The van der Waals surface area contributed by atoms with Crippen molar-refractivity contribution in [2.45, 2.75) is 32.8 Å². The summed E-state index contributed by atoms with van der Waals surface area (Å²) in [6.07, 6.45) is 2.66. The molecule has 0 spiro atoms. The van der Waals surface area contributed by atoms with Crippen molar-refractivity contribution in [2.24, 2.45) is 0 Å². The Balaban J connectivity index is 2.23. The highest BCUT2D eigenvalue weighted by Gasteiger charge is 2.17. The Morgan fingerprint density at radius 2 is 2.10 bits per heavy atom. The molecule has 1 heterocycles. The van der Waals surface area contributed by atoms with E-state index in [0.717, 1.165) is 40.0 Å². The van der Waals surface area contributed by atoms with Crippen LogP contribution in [0, 0.1) is 0 Å². The first-order chi connectivity index (χ1) is 9.67. The summed E-state index contributed by atoms with van der Waals surface area (Å²) >= 11 is 3.48. The largest absolute Gasteiger partial charge is 0.492 e. The Kier molecular flexibility index (Phi) is 5.26. The average molecular weight is 339 g/mol. The Bertz CT molecular complexity index is 563. The topological polar surface area (TPSA) is 42.6 Å². The number of hydrogen-bond acceptors (Lipinski definition) is 3. The molecule has 2 rings (SSSR count). The van der Waals surface area contributed by atoms with Crippen LogP contribution < -0.4 is 4.74 Å². The highest BCUT2D eigenvalue weighted by atomic mass is 79.9. The van der Waals surface area contributed by atoms with Gasteiger partial charge in [-0.05, 0) is 46.1 Å². The normalized spacial score (nSPS) is 12.4. The molecule has 1 N–H and O–H groups in total. The van der Waals surface area contributed by atoms with Gasteiger partial charge in [0, 0.05) is 12.0 Å². The number of benzene rings is 1. The third-order valence-electron chi connectivity index (χ3n) is 3.13. The molecular weight excluding hydrogens is 320 g/mol. The lowest BCUT2D eigenvalue weighted by atomic mass is 10.0. The molecule has 0 amide bonds. The third kappa shape index (κ3) is 3.25. The smallest absolute Gasteiger partial charge is 0.133 e. The molecular formula is C16H19BrO3. The van der Waals surface area contributed by atoms with E-state index >= 15 is 0 Å². The maximum Gasteiger partial charge on any atom is 0.133 e. The summed E-state index contributed by atoms with van der Waals surface area (Å²) in [4.78, 5) is 0. The first-order valence-corrected chi connectivity index (χ1v) is 7.63. The van der Waals surface area contributed by atoms with Gasteiger partial charge in [-0.3, -0.25) is 0 Å². The summed E-state index contributed by atoms with van der Waals surface area (Å²) in [6.45, 7) is 4.76. The van der Waals surface area contributed by atoms with Crippen LogP contribution in [0.25, 0.3) is 0 Å². The second kappa shape index (κ2) is 6.95. The zero-order chi connectivity index (χ0) is 14.5. The van der Waals surface area contributed by atoms with Gasteiger partial charge in [-0.15, -0.1) is 0 Å². The van der Waals surface area contributed by atoms with Crippen LogP contribution in [0.3, 0.4) is 0 Å². The van der Waals surface area contributed by atoms with E-state index in [1.165, 1.54) is 0 Å². The number of hydrogen-bond donors (Lipinski definition) is 1. The molecule has 1 aromatic heterocycles. The number of aliphatic hydroxyl groups excluding tert-OH is 1. The predicted octanol–water partition coefficient (Wildman–Crippen LogP) is 4.48. The number of furan rings is 1. The van der Waals surface area contributed by atoms with Crippen molar-refractivity contribution in [3.05, 3.63) is 51.9 Å². The molecule has 0 aliphatic rings. The fourth-order valence-corrected chi connectivity index (χ4v) is 2.59. The van der Waals surface area contributed by atoms with Crippen LogP contribution in [0.4, 0.5) is 0 Å². The van der Waals surface area contributed by atoms with E-state index in [2.05, 4.69) is 22.9 Å². The van der Waals surface area contributed by atoms with Crippen LogP contribution in [0.5, 0.6) is 5.75 Å². The second-order valence-electron chi connectivity index (χ2n) is 4.59. The monoisotopic (exact) mass is 338 g/mol. The van der Waals surface area contributed by atoms with Crippen LogP contribution in [0.1, 0.15) is 43.3 Å². The lowest BCUT2D eigenvalue weighted by Crippen LogP contribution is -2.02. The van der Waals surface area contributed by atoms with E-state index in [9.17, 15) is 5.11 Å². The molecule has 0 radical (unpaired) electrons. The summed E-state index contributed by atoms with van der Waals surface area (Å²) in [5.41, 5.74) is 1.64. The maximum atomic E-state index is 10.5. The van der Waals surface area contributed by atoms with Gasteiger partial charge in [-0.2, -0.15) is 0 Å². The fraction of sp³-hybridized carbons (Fsp3) is 0.375. The van der Waals surface area contributed by atoms with E-state index in [1.54, 1.807) is 6.26 Å². The molecule has 0 aliphatic heterocycles. The van der Waals surface area contributed by atoms with Crippen LogP contribution in [0.2, 0.25) is 0 Å². The van der Waals surface area contributed by atoms with Crippen LogP contribution in [-0.4, -0.2) is 11.7 Å². The van der Waals surface area contributed by atoms with Gasteiger partial charge in [0.2, 0.25) is 0 Å². The van der Waals surface area contributed by atoms with Gasteiger partial charge >= 0.3 is 0 Å². The third-order valence-corrected chi connectivity index (χ3v) is 3.75. The van der Waals surface area contributed by atoms with Gasteiger partial charge < -0.3 is 14.3 Å². The SMILES string of the molecule is CCCOc1ccc(C(O)c2ccoc2CC)cc1Br. The minimum absolute atomic E-state index is 0.680. The highest BCUT2D eigenvalue weighted by molar-refractivity contribution is 9.10. The molecule has 3 nitrogen and oxygen atoms in total. The highest BCUT2D eigenvalue weighted by Crippen LogP contribution is 2.32. The van der Waals surface area contributed by atoms with Crippen molar-refractivity contribution in [1.82, 2.24) is 0 Å². The standard InChI is InChI=1S/C16H19BrO3/c1-3-8-19-15-6-5-11(10-13(15)17)16(18)12-7-9-20-14(12)4-2/h5-7,9-10,16,18H,3-4,8H2,1-2H3. The molecule has 108 valence electrons. The fourth-order valence-electron chi connectivity index (χ4n) is 2.08. The predicted molar refractivity (Wildman–Crippen MR) is 82.1 cm³/mol. The lowest BCUT2D eigenvalue weighted by molar-refractivity contribution is 0.217. The van der Waals surface area contributed by atoms with Gasteiger partial charge in [-0.1, -0.05) is 19.9 Å². The Morgan fingerprint density at radius 3 is 2.75 bits per heavy atom. The number of aryl methyl sites for hydroxylation is 1. The summed E-state index contributed by atoms with van der Waals surface area (Å²) in [7, 11) is 0. The molecule has 1 unspecified atom stereocenters. The summed E-state index contributed by atoms with van der Waals surface area (Å²) < 4.78 is 11.8. The minimum atomic E-state index is -0.680. The number of ether oxygens (including phenoxy) is 1. The summed E-state index contributed by atoms with van der Waals surface area (Å²) in [5.74, 6) is 1.62. The molecule has 1 atom stereocenters. The molecule has 0 bridgehead atoms. The van der Waals surface area contributed by atoms with Crippen LogP contribution >= 0.6 is 15.9 Å². The lowest BCUT2D eigenvalue weighted by Gasteiger charge is -2.13. The van der Waals surface area contributed by atoms with Gasteiger partial charge in [0.15, 0.2) is 0 Å². The molecule has 0 aliphatic carbocycles. The quantitative estimate of drug-likeness (QED) is 0.844. The Morgan fingerprint density at radius 1 is 1.30 bits per heavy atom. The number of rotatable bonds is 6. The van der Waals surface area contributed by atoms with E-state index in [4.69, 9.17) is 9.15 Å². The molecule has 1 aromatic carbocycles. The zero-order valence-corrected chi connectivity index (χ0v) is 13.3. The van der Waals surface area contributed by atoms with Crippen LogP contribution in [-0.2, 0) is 6.42 Å². The summed E-state index contributed by atoms with van der Waals surface area (Å²) in [6, 6.07) is 7.47. The molecule has 2 aromatic rings. The van der Waals surface area contributed by atoms with Gasteiger partial charge in [0.25, 0.3) is 0 Å². The molecule has 20 heavy (non-hydrogen) atoms. The van der Waals surface area contributed by atoms with E-state index in [0.29, 0.717) is 6.61 Å². The Hall–Kier alpha value is -1.26. The van der Waals surface area contributed by atoms with Crippen LogP contribution in [0.15, 0.2) is 39.4 Å². The first-order valence-electron chi connectivity index (χ1n) is 6.83. The van der Waals surface area contributed by atoms with Crippen molar-refractivity contribution in [3.8, 4) is 5.75 Å². The second-order valence-corrected chi connectivity index (χ2v) is 5.45. The summed E-state index contributed by atoms with van der Waals surface area (Å²) in [5, 5.41) is 10.5. The maximum absolute atomic E-state index is 10.5.